The lowest BCUT2D eigenvalue weighted by molar-refractivity contribution is -0.135. The molecule has 0 spiro atoms. The van der Waals surface area contributed by atoms with Crippen molar-refractivity contribution in [2.24, 2.45) is 0 Å². The molecule has 4 rings (SSSR count). The summed E-state index contributed by atoms with van der Waals surface area (Å²) < 4.78 is 7.12. The minimum absolute atomic E-state index is 0.101. The lowest BCUT2D eigenvalue weighted by Crippen LogP contribution is -2.45. The maximum absolute atomic E-state index is 12.8. The van der Waals surface area contributed by atoms with Gasteiger partial charge in [-0.15, -0.1) is 0 Å². The average molecular weight is 616 g/mol. The molecule has 0 bridgehead atoms. The Morgan fingerprint density at radius 2 is 2.09 bits per heavy atom. The standard InChI is InChI=1S/C33H45N9O3/c1-5-16-34-31-26(23-36-33(39-31)38-27-15-14-25-24-37-42(20-21-45-4)29(25)22-27)11-7-6-8-17-35-32(44)28-12-9-19-41(28)30(43)13-10-18-40(2)3/h10,13-15,22-24,28H,5-6,8-9,12,16-21H2,1-4H3,(H,35,44)(H2,34,36,38,39)/b13-10+/t28-/m0/s1. The molecule has 2 aromatic heterocycles. The molecule has 1 fully saturated rings. The number of anilines is 3. The summed E-state index contributed by atoms with van der Waals surface area (Å²) in [5, 5.41) is 15.1. The van der Waals surface area contributed by atoms with Crippen molar-refractivity contribution in [1.82, 2.24) is 34.9 Å². The number of benzene rings is 1. The lowest BCUT2D eigenvalue weighted by atomic mass is 10.2. The summed E-state index contributed by atoms with van der Waals surface area (Å²) in [5.41, 5.74) is 2.57. The number of ether oxygens (including phenoxy) is 1. The van der Waals surface area contributed by atoms with E-state index in [0.717, 1.165) is 36.0 Å². The Kier molecular flexibility index (Phi) is 12.7. The van der Waals surface area contributed by atoms with Crippen molar-refractivity contribution in [3.63, 3.8) is 0 Å². The summed E-state index contributed by atoms with van der Waals surface area (Å²) >= 11 is 0. The minimum atomic E-state index is -0.413. The molecule has 1 aliphatic rings. The number of methoxy groups -OCH3 is 1. The summed E-state index contributed by atoms with van der Waals surface area (Å²) in [5.74, 6) is 7.31. The fourth-order valence-electron chi connectivity index (χ4n) is 4.97. The van der Waals surface area contributed by atoms with E-state index in [2.05, 4.69) is 44.8 Å². The van der Waals surface area contributed by atoms with Gasteiger partial charge in [0.1, 0.15) is 11.9 Å². The summed E-state index contributed by atoms with van der Waals surface area (Å²) in [7, 11) is 5.57. The first-order chi connectivity index (χ1) is 21.9. The number of carbonyl (C=O) groups excluding carboxylic acids is 2. The summed E-state index contributed by atoms with van der Waals surface area (Å²) in [6, 6.07) is 5.61. The Bertz CT molecular complexity index is 1520. The number of aromatic nitrogens is 4. The highest BCUT2D eigenvalue weighted by Gasteiger charge is 2.32. The highest BCUT2D eigenvalue weighted by molar-refractivity contribution is 5.93. The van der Waals surface area contributed by atoms with Gasteiger partial charge in [-0.05, 0) is 58.0 Å². The first-order valence-electron chi connectivity index (χ1n) is 15.6. The Morgan fingerprint density at radius 1 is 1.22 bits per heavy atom. The highest BCUT2D eigenvalue weighted by Crippen LogP contribution is 2.23. The molecule has 3 heterocycles. The number of fused-ring (bicyclic) bond motifs is 1. The zero-order chi connectivity index (χ0) is 32.0. The molecule has 1 saturated heterocycles. The van der Waals surface area contributed by atoms with E-state index in [1.807, 2.05) is 54.1 Å². The number of nitrogens with zero attached hydrogens (tertiary/aromatic N) is 6. The number of carbonyl (C=O) groups is 2. The van der Waals surface area contributed by atoms with E-state index in [-0.39, 0.29) is 11.8 Å². The van der Waals surface area contributed by atoms with E-state index in [9.17, 15) is 9.59 Å². The van der Waals surface area contributed by atoms with Crippen molar-refractivity contribution < 1.29 is 14.3 Å². The van der Waals surface area contributed by atoms with E-state index in [1.165, 1.54) is 0 Å². The molecule has 0 unspecified atom stereocenters. The maximum Gasteiger partial charge on any atom is 0.246 e. The Morgan fingerprint density at radius 3 is 2.89 bits per heavy atom. The van der Waals surface area contributed by atoms with Crippen LogP contribution < -0.4 is 16.0 Å². The molecular formula is C33H45N9O3. The van der Waals surface area contributed by atoms with Crippen LogP contribution in [0.25, 0.3) is 10.9 Å². The van der Waals surface area contributed by atoms with Crippen LogP contribution in [0, 0.1) is 11.8 Å². The minimum Gasteiger partial charge on any atom is -0.383 e. The first-order valence-corrected chi connectivity index (χ1v) is 15.6. The number of hydrogen-bond acceptors (Lipinski definition) is 9. The van der Waals surface area contributed by atoms with Crippen LogP contribution in [0.1, 0.15) is 44.6 Å². The van der Waals surface area contributed by atoms with E-state index in [0.29, 0.717) is 69.4 Å². The number of nitrogens with one attached hydrogen (secondary N) is 3. The number of amides is 2. The van der Waals surface area contributed by atoms with Crippen molar-refractivity contribution in [2.75, 3.05) is 64.6 Å². The lowest BCUT2D eigenvalue weighted by Gasteiger charge is -2.22. The normalized spacial score (nSPS) is 14.6. The predicted molar refractivity (Wildman–Crippen MR) is 177 cm³/mol. The van der Waals surface area contributed by atoms with Gasteiger partial charge in [-0.1, -0.05) is 24.8 Å². The molecule has 0 saturated carbocycles. The van der Waals surface area contributed by atoms with Gasteiger partial charge in [0, 0.05) is 56.9 Å². The van der Waals surface area contributed by atoms with Crippen molar-refractivity contribution in [3.8, 4) is 11.8 Å². The Balaban J connectivity index is 1.31. The van der Waals surface area contributed by atoms with Crippen LogP contribution in [0.2, 0.25) is 0 Å². The van der Waals surface area contributed by atoms with Gasteiger partial charge in [-0.25, -0.2) is 4.98 Å². The fourth-order valence-corrected chi connectivity index (χ4v) is 4.97. The van der Waals surface area contributed by atoms with Gasteiger partial charge in [-0.3, -0.25) is 14.3 Å². The van der Waals surface area contributed by atoms with Crippen LogP contribution in [0.3, 0.4) is 0 Å². The second kappa shape index (κ2) is 17.1. The molecule has 12 nitrogen and oxygen atoms in total. The monoisotopic (exact) mass is 615 g/mol. The van der Waals surface area contributed by atoms with E-state index >= 15 is 0 Å². The Hall–Kier alpha value is -4.47. The van der Waals surface area contributed by atoms with Gasteiger partial charge >= 0.3 is 0 Å². The van der Waals surface area contributed by atoms with Gasteiger partial charge in [0.25, 0.3) is 0 Å². The van der Waals surface area contributed by atoms with Gasteiger partial charge in [0.15, 0.2) is 0 Å². The third-order valence-electron chi connectivity index (χ3n) is 7.31. The molecule has 12 heteroatoms. The number of likely N-dealkylation sites (N-methyl/N-ethyl adjacent to an activating group) is 1. The molecular weight excluding hydrogens is 570 g/mol. The fraction of sp³-hybridized carbons (Fsp3) is 0.485. The molecule has 240 valence electrons. The molecule has 0 radical (unpaired) electrons. The highest BCUT2D eigenvalue weighted by atomic mass is 16.5. The third kappa shape index (κ3) is 9.76. The molecule has 45 heavy (non-hydrogen) atoms. The molecule has 1 aromatic carbocycles. The SMILES string of the molecule is CCCNc1nc(Nc2ccc3cnn(CCOC)c3c2)ncc1C#CCCCNC(=O)[C@@H]1CCCN1C(=O)/C=C/CN(C)C. The van der Waals surface area contributed by atoms with E-state index < -0.39 is 6.04 Å². The molecule has 1 atom stereocenters. The topological polar surface area (TPSA) is 130 Å². The zero-order valence-electron chi connectivity index (χ0n) is 26.8. The van der Waals surface area contributed by atoms with E-state index in [1.54, 1.807) is 24.3 Å². The largest absolute Gasteiger partial charge is 0.383 e. The molecule has 2 amide bonds. The van der Waals surface area contributed by atoms with Gasteiger partial charge in [0.2, 0.25) is 17.8 Å². The summed E-state index contributed by atoms with van der Waals surface area (Å²) in [4.78, 5) is 38.2. The number of hydrogen-bond donors (Lipinski definition) is 3. The quantitative estimate of drug-likeness (QED) is 0.134. The summed E-state index contributed by atoms with van der Waals surface area (Å²) in [6.07, 6.45) is 10.7. The van der Waals surface area contributed by atoms with Crippen LogP contribution in [0.5, 0.6) is 0 Å². The van der Waals surface area contributed by atoms with Crippen LogP contribution >= 0.6 is 0 Å². The number of unbranched alkanes of at least 4 members (excludes halogenated alkanes) is 1. The van der Waals surface area contributed by atoms with Gasteiger partial charge in [0.05, 0.1) is 36.6 Å². The third-order valence-corrected chi connectivity index (χ3v) is 7.31. The Labute approximate surface area is 265 Å². The summed E-state index contributed by atoms with van der Waals surface area (Å²) in [6.45, 7) is 5.89. The van der Waals surface area contributed by atoms with Crippen molar-refractivity contribution in [2.45, 2.75) is 51.6 Å². The first kappa shape index (κ1) is 33.4. The van der Waals surface area contributed by atoms with Crippen LogP contribution in [0.15, 0.2) is 42.7 Å². The molecule has 1 aliphatic heterocycles. The number of likely N-dealkylation sites (tertiary alicyclic amines) is 1. The zero-order valence-corrected chi connectivity index (χ0v) is 26.8. The van der Waals surface area contributed by atoms with Crippen molar-refractivity contribution >= 4 is 40.2 Å². The van der Waals surface area contributed by atoms with Crippen LogP contribution in [0.4, 0.5) is 17.5 Å². The van der Waals surface area contributed by atoms with E-state index in [4.69, 9.17) is 9.72 Å². The predicted octanol–water partition coefficient (Wildman–Crippen LogP) is 3.39. The molecule has 3 aromatic rings. The second-order valence-corrected chi connectivity index (χ2v) is 11.2. The molecule has 3 N–H and O–H groups in total. The van der Waals surface area contributed by atoms with Crippen LogP contribution in [-0.2, 0) is 20.9 Å². The second-order valence-electron chi connectivity index (χ2n) is 11.2. The average Bonchev–Trinajstić information content (AvgIpc) is 3.68. The molecule has 0 aliphatic carbocycles. The van der Waals surface area contributed by atoms with Crippen molar-refractivity contribution in [3.05, 3.63) is 48.3 Å². The van der Waals surface area contributed by atoms with Gasteiger partial charge < -0.3 is 30.5 Å². The smallest absolute Gasteiger partial charge is 0.246 e. The van der Waals surface area contributed by atoms with Gasteiger partial charge in [-0.2, -0.15) is 10.1 Å². The van der Waals surface area contributed by atoms with Crippen LogP contribution in [-0.4, -0.2) is 101 Å². The van der Waals surface area contributed by atoms with Crippen molar-refractivity contribution in [1.29, 1.82) is 0 Å². The number of rotatable bonds is 15. The maximum atomic E-state index is 12.8.